The van der Waals surface area contributed by atoms with E-state index >= 15 is 0 Å². The SMILES string of the molecule is Cc1ccc(C(=O)Nc2cc(-c3cccs3)[nH]n2)s1. The van der Waals surface area contributed by atoms with E-state index in [-0.39, 0.29) is 5.91 Å². The molecule has 6 heteroatoms. The second-order valence-corrected chi connectivity index (χ2v) is 6.24. The minimum atomic E-state index is -0.123. The number of nitrogens with zero attached hydrogens (tertiary/aromatic N) is 1. The van der Waals surface area contributed by atoms with Gasteiger partial charge in [0.2, 0.25) is 0 Å². The molecule has 0 aliphatic carbocycles. The minimum Gasteiger partial charge on any atom is -0.304 e. The van der Waals surface area contributed by atoms with Crippen molar-refractivity contribution in [1.82, 2.24) is 10.2 Å². The van der Waals surface area contributed by atoms with Crippen LogP contribution < -0.4 is 5.32 Å². The molecule has 0 aromatic carbocycles. The highest BCUT2D eigenvalue weighted by atomic mass is 32.1. The van der Waals surface area contributed by atoms with Gasteiger partial charge in [0.15, 0.2) is 5.82 Å². The van der Waals surface area contributed by atoms with Crippen LogP contribution in [0.5, 0.6) is 0 Å². The first-order valence-electron chi connectivity index (χ1n) is 5.69. The summed E-state index contributed by atoms with van der Waals surface area (Å²) in [4.78, 5) is 14.9. The van der Waals surface area contributed by atoms with Gasteiger partial charge in [-0.3, -0.25) is 9.89 Å². The predicted molar refractivity (Wildman–Crippen MR) is 78.9 cm³/mol. The van der Waals surface area contributed by atoms with Crippen molar-refractivity contribution in [2.24, 2.45) is 0 Å². The zero-order chi connectivity index (χ0) is 13.2. The van der Waals surface area contributed by atoms with Crippen LogP contribution >= 0.6 is 22.7 Å². The van der Waals surface area contributed by atoms with Crippen LogP contribution in [0.15, 0.2) is 35.7 Å². The summed E-state index contributed by atoms with van der Waals surface area (Å²) < 4.78 is 0. The standard InChI is InChI=1S/C13H11N3OS2/c1-8-4-5-11(19-8)13(17)14-12-7-9(15-16-12)10-3-2-6-18-10/h2-7H,1H3,(H2,14,15,16,17). The lowest BCUT2D eigenvalue weighted by Gasteiger charge is -1.97. The number of anilines is 1. The number of aromatic nitrogens is 2. The third-order valence-corrected chi connectivity index (χ3v) is 4.47. The Morgan fingerprint density at radius 1 is 1.37 bits per heavy atom. The summed E-state index contributed by atoms with van der Waals surface area (Å²) in [5.41, 5.74) is 0.910. The Morgan fingerprint density at radius 3 is 2.95 bits per heavy atom. The first-order valence-corrected chi connectivity index (χ1v) is 7.39. The van der Waals surface area contributed by atoms with Gasteiger partial charge in [-0.15, -0.1) is 22.7 Å². The number of rotatable bonds is 3. The van der Waals surface area contributed by atoms with Gasteiger partial charge in [0.1, 0.15) is 0 Å². The van der Waals surface area contributed by atoms with Crippen molar-refractivity contribution in [2.45, 2.75) is 6.92 Å². The van der Waals surface area contributed by atoms with Gasteiger partial charge in [0.05, 0.1) is 15.4 Å². The first-order chi connectivity index (χ1) is 9.22. The van der Waals surface area contributed by atoms with Crippen molar-refractivity contribution in [3.8, 4) is 10.6 Å². The second-order valence-electron chi connectivity index (χ2n) is 4.01. The average Bonchev–Trinajstić information content (AvgIpc) is 3.07. The Kier molecular flexibility index (Phi) is 3.18. The fraction of sp³-hybridized carbons (Fsp3) is 0.0769. The summed E-state index contributed by atoms with van der Waals surface area (Å²) in [5, 5.41) is 11.8. The quantitative estimate of drug-likeness (QED) is 0.771. The van der Waals surface area contributed by atoms with Gasteiger partial charge in [0, 0.05) is 10.9 Å². The number of thiophene rings is 2. The maximum absolute atomic E-state index is 12.0. The molecule has 3 aromatic heterocycles. The van der Waals surface area contributed by atoms with Crippen LogP contribution in [0.25, 0.3) is 10.6 Å². The number of hydrogen-bond acceptors (Lipinski definition) is 4. The fourth-order valence-corrected chi connectivity index (χ4v) is 3.13. The van der Waals surface area contributed by atoms with Crippen LogP contribution in [0.2, 0.25) is 0 Å². The smallest absolute Gasteiger partial charge is 0.266 e. The van der Waals surface area contributed by atoms with Gasteiger partial charge in [-0.25, -0.2) is 0 Å². The largest absolute Gasteiger partial charge is 0.304 e. The highest BCUT2D eigenvalue weighted by molar-refractivity contribution is 7.14. The fourth-order valence-electron chi connectivity index (χ4n) is 1.68. The summed E-state index contributed by atoms with van der Waals surface area (Å²) in [6.45, 7) is 1.98. The number of nitrogens with one attached hydrogen (secondary N) is 2. The van der Waals surface area contributed by atoms with Gasteiger partial charge < -0.3 is 5.32 Å². The molecule has 4 nitrogen and oxygen atoms in total. The topological polar surface area (TPSA) is 57.8 Å². The number of aromatic amines is 1. The normalized spacial score (nSPS) is 10.6. The molecule has 3 aromatic rings. The molecule has 0 radical (unpaired) electrons. The molecule has 0 saturated heterocycles. The molecule has 19 heavy (non-hydrogen) atoms. The molecule has 0 spiro atoms. The van der Waals surface area contributed by atoms with Crippen molar-refractivity contribution in [1.29, 1.82) is 0 Å². The molecular weight excluding hydrogens is 278 g/mol. The van der Waals surface area contributed by atoms with E-state index in [1.165, 1.54) is 11.3 Å². The van der Waals surface area contributed by atoms with Crippen LogP contribution in [-0.2, 0) is 0 Å². The molecule has 1 amide bonds. The van der Waals surface area contributed by atoms with Crippen LogP contribution in [0.4, 0.5) is 5.82 Å². The molecule has 0 aliphatic heterocycles. The summed E-state index contributed by atoms with van der Waals surface area (Å²) in [5.74, 6) is 0.418. The van der Waals surface area contributed by atoms with Crippen LogP contribution in [-0.4, -0.2) is 16.1 Å². The second kappa shape index (κ2) is 4.99. The number of hydrogen-bond donors (Lipinski definition) is 2. The maximum atomic E-state index is 12.0. The molecule has 3 rings (SSSR count). The van der Waals surface area contributed by atoms with Crippen LogP contribution in [0, 0.1) is 6.92 Å². The lowest BCUT2D eigenvalue weighted by molar-refractivity contribution is 0.103. The van der Waals surface area contributed by atoms with E-state index in [1.807, 2.05) is 42.6 Å². The van der Waals surface area contributed by atoms with E-state index in [2.05, 4.69) is 15.5 Å². The molecule has 96 valence electrons. The Hall–Kier alpha value is -1.92. The van der Waals surface area contributed by atoms with E-state index in [0.29, 0.717) is 10.7 Å². The maximum Gasteiger partial charge on any atom is 0.266 e. The van der Waals surface area contributed by atoms with Crippen molar-refractivity contribution >= 4 is 34.4 Å². The third-order valence-electron chi connectivity index (χ3n) is 2.57. The molecule has 2 N–H and O–H groups in total. The van der Waals surface area contributed by atoms with Gasteiger partial charge in [-0.2, -0.15) is 5.10 Å². The summed E-state index contributed by atoms with van der Waals surface area (Å²) in [7, 11) is 0. The van der Waals surface area contributed by atoms with Gasteiger partial charge in [0.25, 0.3) is 5.91 Å². The number of H-pyrrole nitrogens is 1. The molecule has 0 bridgehead atoms. The molecule has 0 aliphatic rings. The molecule has 3 heterocycles. The number of aryl methyl sites for hydroxylation is 1. The highest BCUT2D eigenvalue weighted by Crippen LogP contribution is 2.24. The monoisotopic (exact) mass is 289 g/mol. The Balaban J connectivity index is 1.76. The number of amides is 1. The number of carbonyl (C=O) groups is 1. The van der Waals surface area contributed by atoms with Crippen molar-refractivity contribution < 1.29 is 4.79 Å². The lowest BCUT2D eigenvalue weighted by atomic mass is 10.3. The third kappa shape index (κ3) is 2.59. The van der Waals surface area contributed by atoms with Gasteiger partial charge in [-0.1, -0.05) is 6.07 Å². The molecule has 0 unspecified atom stereocenters. The Morgan fingerprint density at radius 2 is 2.26 bits per heavy atom. The summed E-state index contributed by atoms with van der Waals surface area (Å²) in [6, 6.07) is 9.58. The van der Waals surface area contributed by atoms with E-state index in [9.17, 15) is 4.79 Å². The van der Waals surface area contributed by atoms with E-state index in [4.69, 9.17) is 0 Å². The van der Waals surface area contributed by atoms with Gasteiger partial charge >= 0.3 is 0 Å². The van der Waals surface area contributed by atoms with E-state index < -0.39 is 0 Å². The molecule has 0 fully saturated rings. The van der Waals surface area contributed by atoms with Crippen molar-refractivity contribution in [3.05, 3.63) is 45.5 Å². The number of carbonyl (C=O) groups excluding carboxylic acids is 1. The van der Waals surface area contributed by atoms with Crippen LogP contribution in [0.3, 0.4) is 0 Å². The minimum absolute atomic E-state index is 0.123. The Labute approximate surface area is 118 Å². The molecule has 0 saturated carbocycles. The van der Waals surface area contributed by atoms with E-state index in [1.54, 1.807) is 11.3 Å². The summed E-state index contributed by atoms with van der Waals surface area (Å²) >= 11 is 3.10. The van der Waals surface area contributed by atoms with Crippen molar-refractivity contribution in [3.63, 3.8) is 0 Å². The molecule has 0 atom stereocenters. The molecular formula is C13H11N3OS2. The lowest BCUT2D eigenvalue weighted by Crippen LogP contribution is -2.10. The highest BCUT2D eigenvalue weighted by Gasteiger charge is 2.11. The predicted octanol–water partition coefficient (Wildman–Crippen LogP) is 3.76. The summed E-state index contributed by atoms with van der Waals surface area (Å²) in [6.07, 6.45) is 0. The van der Waals surface area contributed by atoms with E-state index in [0.717, 1.165) is 15.4 Å². The Bertz CT molecular complexity index is 697. The van der Waals surface area contributed by atoms with Crippen LogP contribution in [0.1, 0.15) is 14.5 Å². The van der Waals surface area contributed by atoms with Gasteiger partial charge in [-0.05, 0) is 30.5 Å². The zero-order valence-corrected chi connectivity index (χ0v) is 11.8. The first kappa shape index (κ1) is 12.1. The van der Waals surface area contributed by atoms with Crippen molar-refractivity contribution in [2.75, 3.05) is 5.32 Å². The average molecular weight is 289 g/mol. The zero-order valence-electron chi connectivity index (χ0n) is 10.1.